The van der Waals surface area contributed by atoms with Crippen molar-refractivity contribution in [1.29, 1.82) is 0 Å². The van der Waals surface area contributed by atoms with Gasteiger partial charge < -0.3 is 4.84 Å². The van der Waals surface area contributed by atoms with Crippen LogP contribution < -0.4 is 5.48 Å². The van der Waals surface area contributed by atoms with E-state index in [1.807, 2.05) is 24.3 Å². The molecule has 0 aliphatic heterocycles. The van der Waals surface area contributed by atoms with Gasteiger partial charge in [-0.1, -0.05) is 24.3 Å². The van der Waals surface area contributed by atoms with E-state index >= 15 is 0 Å². The minimum Gasteiger partial charge on any atom is -0.305 e. The zero-order valence-electron chi connectivity index (χ0n) is 10.1. The number of rotatable bonds is 5. The van der Waals surface area contributed by atoms with Crippen LogP contribution >= 0.6 is 0 Å². The van der Waals surface area contributed by atoms with Crippen molar-refractivity contribution in [2.24, 2.45) is 0 Å². The Bertz CT molecular complexity index is 489. The second-order valence-corrected chi connectivity index (χ2v) is 6.81. The zero-order chi connectivity index (χ0) is 12.5. The molecule has 0 saturated heterocycles. The van der Waals surface area contributed by atoms with Crippen molar-refractivity contribution in [2.45, 2.75) is 24.1 Å². The van der Waals surface area contributed by atoms with Crippen LogP contribution in [-0.2, 0) is 26.0 Å². The third kappa shape index (κ3) is 2.36. The van der Waals surface area contributed by atoms with Crippen molar-refractivity contribution in [3.63, 3.8) is 0 Å². The highest BCUT2D eigenvalue weighted by Crippen LogP contribution is 2.52. The van der Waals surface area contributed by atoms with Crippen LogP contribution in [0.4, 0.5) is 0 Å². The molecule has 0 unspecified atom stereocenters. The predicted molar refractivity (Wildman–Crippen MR) is 66.0 cm³/mol. The number of hydroxylamine groups is 1. The summed E-state index contributed by atoms with van der Waals surface area (Å²) in [6, 6.07) is 7.68. The third-order valence-corrected chi connectivity index (χ3v) is 5.38. The van der Waals surface area contributed by atoms with Gasteiger partial charge in [0.1, 0.15) is 0 Å². The van der Waals surface area contributed by atoms with Gasteiger partial charge in [0.05, 0.1) is 11.9 Å². The minimum absolute atomic E-state index is 0.611. The molecule has 1 saturated carbocycles. The number of hydrogen-bond acceptors (Lipinski definition) is 4. The summed E-state index contributed by atoms with van der Waals surface area (Å²) in [5.74, 6) is 0. The average molecular weight is 255 g/mol. The number of hydrogen-bond donors (Lipinski definition) is 1. The van der Waals surface area contributed by atoms with Gasteiger partial charge in [0.15, 0.2) is 9.84 Å². The van der Waals surface area contributed by atoms with Crippen molar-refractivity contribution >= 4 is 9.84 Å². The lowest BCUT2D eigenvalue weighted by Gasteiger charge is -2.14. The second kappa shape index (κ2) is 4.40. The van der Waals surface area contributed by atoms with Gasteiger partial charge in [-0.25, -0.2) is 8.42 Å². The maximum Gasteiger partial charge on any atom is 0.157 e. The first-order chi connectivity index (χ1) is 7.99. The highest BCUT2D eigenvalue weighted by Gasteiger charge is 2.53. The Morgan fingerprint density at radius 1 is 1.29 bits per heavy atom. The molecule has 1 aromatic carbocycles. The fourth-order valence-electron chi connectivity index (χ4n) is 2.07. The summed E-state index contributed by atoms with van der Waals surface area (Å²) in [6.45, 7) is 0.614. The molecule has 5 heteroatoms. The summed E-state index contributed by atoms with van der Waals surface area (Å²) in [5.41, 5.74) is 4.72. The molecule has 0 bridgehead atoms. The van der Waals surface area contributed by atoms with E-state index < -0.39 is 14.6 Å². The third-order valence-electron chi connectivity index (χ3n) is 3.31. The molecule has 1 aromatic rings. The summed E-state index contributed by atoms with van der Waals surface area (Å²) < 4.78 is 22.9. The van der Waals surface area contributed by atoms with Gasteiger partial charge in [0.2, 0.25) is 0 Å². The molecule has 0 radical (unpaired) electrons. The molecule has 0 aromatic heterocycles. The van der Waals surface area contributed by atoms with Gasteiger partial charge in [0.25, 0.3) is 0 Å². The predicted octanol–water partition coefficient (Wildman–Crippen LogP) is 1.37. The maximum atomic E-state index is 11.7. The van der Waals surface area contributed by atoms with Crippen molar-refractivity contribution < 1.29 is 13.3 Å². The summed E-state index contributed by atoms with van der Waals surface area (Å²) >= 11 is 0. The fraction of sp³-hybridized carbons (Fsp3) is 0.500. The standard InChI is InChI=1S/C12H17NO3S/c1-16-13-9-10-3-5-11(6-4-10)12(7-8-12)17(2,14)15/h3-6,13H,7-9H2,1-2H3. The van der Waals surface area contributed by atoms with Gasteiger partial charge >= 0.3 is 0 Å². The first-order valence-corrected chi connectivity index (χ1v) is 7.44. The van der Waals surface area contributed by atoms with Crippen LogP contribution in [0, 0.1) is 0 Å². The monoisotopic (exact) mass is 255 g/mol. The van der Waals surface area contributed by atoms with E-state index in [1.54, 1.807) is 7.11 Å². The molecule has 0 spiro atoms. The Hall–Kier alpha value is -0.910. The number of sulfone groups is 1. The molecule has 1 N–H and O–H groups in total. The molecule has 2 rings (SSSR count). The lowest BCUT2D eigenvalue weighted by atomic mass is 10.1. The Labute approximate surface area is 102 Å². The van der Waals surface area contributed by atoms with E-state index in [9.17, 15) is 8.42 Å². The van der Waals surface area contributed by atoms with E-state index in [4.69, 9.17) is 4.84 Å². The Balaban J connectivity index is 2.19. The Kier molecular flexibility index (Phi) is 3.25. The summed E-state index contributed by atoms with van der Waals surface area (Å²) in [6.07, 6.45) is 2.80. The van der Waals surface area contributed by atoms with E-state index in [-0.39, 0.29) is 0 Å². The smallest absolute Gasteiger partial charge is 0.157 e. The van der Waals surface area contributed by atoms with E-state index in [0.717, 1.165) is 24.0 Å². The SMILES string of the molecule is CONCc1ccc(C2(S(C)(=O)=O)CC2)cc1. The van der Waals surface area contributed by atoms with Gasteiger partial charge in [0, 0.05) is 12.8 Å². The lowest BCUT2D eigenvalue weighted by molar-refractivity contribution is 0.0867. The average Bonchev–Trinajstić information content (AvgIpc) is 3.07. The first-order valence-electron chi connectivity index (χ1n) is 5.54. The maximum absolute atomic E-state index is 11.7. The molecule has 94 valence electrons. The molecule has 1 aliphatic carbocycles. The van der Waals surface area contributed by atoms with Gasteiger partial charge in [-0.3, -0.25) is 0 Å². The van der Waals surface area contributed by atoms with Crippen LogP contribution in [0.25, 0.3) is 0 Å². The quantitative estimate of drug-likeness (QED) is 0.807. The van der Waals surface area contributed by atoms with Crippen molar-refractivity contribution in [1.82, 2.24) is 5.48 Å². The Morgan fingerprint density at radius 2 is 1.88 bits per heavy atom. The molecule has 1 fully saturated rings. The molecule has 0 amide bonds. The molecular weight excluding hydrogens is 238 g/mol. The molecular formula is C12H17NO3S. The largest absolute Gasteiger partial charge is 0.305 e. The lowest BCUT2D eigenvalue weighted by Crippen LogP contribution is -2.19. The van der Waals surface area contributed by atoms with E-state index in [2.05, 4.69) is 5.48 Å². The normalized spacial score (nSPS) is 18.0. The second-order valence-electron chi connectivity index (χ2n) is 4.49. The van der Waals surface area contributed by atoms with Crippen LogP contribution in [0.5, 0.6) is 0 Å². The van der Waals surface area contributed by atoms with E-state index in [1.165, 1.54) is 6.26 Å². The molecule has 4 nitrogen and oxygen atoms in total. The molecule has 17 heavy (non-hydrogen) atoms. The van der Waals surface area contributed by atoms with Crippen LogP contribution in [0.1, 0.15) is 24.0 Å². The van der Waals surface area contributed by atoms with Gasteiger partial charge in [-0.15, -0.1) is 0 Å². The number of nitrogens with one attached hydrogen (secondary N) is 1. The van der Waals surface area contributed by atoms with E-state index in [0.29, 0.717) is 6.54 Å². The first kappa shape index (κ1) is 12.5. The summed E-state index contributed by atoms with van der Waals surface area (Å²) in [7, 11) is -1.45. The molecule has 1 aliphatic rings. The van der Waals surface area contributed by atoms with Crippen LogP contribution in [0.2, 0.25) is 0 Å². The molecule has 0 atom stereocenters. The van der Waals surface area contributed by atoms with Crippen LogP contribution in [-0.4, -0.2) is 21.8 Å². The van der Waals surface area contributed by atoms with Gasteiger partial charge in [-0.2, -0.15) is 5.48 Å². The summed E-state index contributed by atoms with van der Waals surface area (Å²) in [4.78, 5) is 4.76. The van der Waals surface area contributed by atoms with Crippen LogP contribution in [0.15, 0.2) is 24.3 Å². The topological polar surface area (TPSA) is 55.4 Å². The van der Waals surface area contributed by atoms with Crippen molar-refractivity contribution in [3.8, 4) is 0 Å². The minimum atomic E-state index is -3.01. The summed E-state index contributed by atoms with van der Waals surface area (Å²) in [5, 5.41) is 0. The zero-order valence-corrected chi connectivity index (χ0v) is 10.9. The molecule has 0 heterocycles. The highest BCUT2D eigenvalue weighted by molar-refractivity contribution is 7.92. The van der Waals surface area contributed by atoms with Crippen molar-refractivity contribution in [3.05, 3.63) is 35.4 Å². The van der Waals surface area contributed by atoms with Crippen molar-refractivity contribution in [2.75, 3.05) is 13.4 Å². The highest BCUT2D eigenvalue weighted by atomic mass is 32.2. The van der Waals surface area contributed by atoms with Gasteiger partial charge in [-0.05, 0) is 24.0 Å². The Morgan fingerprint density at radius 3 is 2.29 bits per heavy atom. The fourth-order valence-corrected chi connectivity index (χ4v) is 3.48. The number of benzene rings is 1. The van der Waals surface area contributed by atoms with Crippen LogP contribution in [0.3, 0.4) is 0 Å².